The topological polar surface area (TPSA) is 15.3 Å². The number of fused-ring (bicyclic) bond motifs is 1. The summed E-state index contributed by atoms with van der Waals surface area (Å²) in [6, 6.07) is 7.73. The zero-order valence-corrected chi connectivity index (χ0v) is 12.3. The summed E-state index contributed by atoms with van der Waals surface area (Å²) in [7, 11) is 2.07. The van der Waals surface area contributed by atoms with E-state index in [0.717, 1.165) is 5.92 Å². The molecule has 0 spiro atoms. The Morgan fingerprint density at radius 1 is 1.21 bits per heavy atom. The SMILES string of the molecule is CNCC1CCN(C2CCc3ccc(C)cc32)CC1. The summed E-state index contributed by atoms with van der Waals surface area (Å²) < 4.78 is 0. The fourth-order valence-electron chi connectivity index (χ4n) is 3.84. The molecule has 1 saturated heterocycles. The Kier molecular flexibility index (Phi) is 3.90. The van der Waals surface area contributed by atoms with Crippen molar-refractivity contribution in [3.63, 3.8) is 0 Å². The fraction of sp³-hybridized carbons (Fsp3) is 0.647. The Bertz CT molecular complexity index is 433. The molecule has 0 amide bonds. The summed E-state index contributed by atoms with van der Waals surface area (Å²) in [5.41, 5.74) is 4.62. The van der Waals surface area contributed by atoms with Gasteiger partial charge in [-0.3, -0.25) is 4.90 Å². The number of piperidine rings is 1. The van der Waals surface area contributed by atoms with Gasteiger partial charge in [0, 0.05) is 6.04 Å². The first-order chi connectivity index (χ1) is 9.28. The number of aryl methyl sites for hydroxylation is 2. The van der Waals surface area contributed by atoms with Gasteiger partial charge in [0.05, 0.1) is 0 Å². The van der Waals surface area contributed by atoms with E-state index in [1.807, 2.05) is 0 Å². The number of hydrogen-bond donors (Lipinski definition) is 1. The highest BCUT2D eigenvalue weighted by Gasteiger charge is 2.30. The van der Waals surface area contributed by atoms with E-state index in [2.05, 4.69) is 42.4 Å². The summed E-state index contributed by atoms with van der Waals surface area (Å²) in [5.74, 6) is 0.889. The van der Waals surface area contributed by atoms with Crippen LogP contribution in [0.2, 0.25) is 0 Å². The second-order valence-electron chi connectivity index (χ2n) is 6.29. The number of rotatable bonds is 3. The number of nitrogens with zero attached hydrogens (tertiary/aromatic N) is 1. The zero-order chi connectivity index (χ0) is 13.2. The molecule has 0 bridgehead atoms. The lowest BCUT2D eigenvalue weighted by molar-refractivity contribution is 0.132. The van der Waals surface area contributed by atoms with Crippen LogP contribution < -0.4 is 5.32 Å². The predicted molar refractivity (Wildman–Crippen MR) is 80.5 cm³/mol. The van der Waals surface area contributed by atoms with Gasteiger partial charge in [-0.2, -0.15) is 0 Å². The third-order valence-electron chi connectivity index (χ3n) is 4.93. The molecular weight excluding hydrogens is 232 g/mol. The van der Waals surface area contributed by atoms with Crippen molar-refractivity contribution in [2.45, 2.75) is 38.6 Å². The fourth-order valence-corrected chi connectivity index (χ4v) is 3.84. The van der Waals surface area contributed by atoms with Gasteiger partial charge >= 0.3 is 0 Å². The molecule has 1 atom stereocenters. The average Bonchev–Trinajstić information content (AvgIpc) is 2.83. The van der Waals surface area contributed by atoms with Crippen LogP contribution in [0.1, 0.15) is 42.0 Å². The highest BCUT2D eigenvalue weighted by Crippen LogP contribution is 2.38. The molecule has 1 aliphatic heterocycles. The van der Waals surface area contributed by atoms with Crippen LogP contribution in [0, 0.1) is 12.8 Å². The molecule has 1 heterocycles. The number of benzene rings is 1. The van der Waals surface area contributed by atoms with E-state index in [1.54, 1.807) is 11.1 Å². The normalized spacial score (nSPS) is 24.6. The van der Waals surface area contributed by atoms with Gasteiger partial charge in [0.25, 0.3) is 0 Å². The molecule has 1 unspecified atom stereocenters. The summed E-state index contributed by atoms with van der Waals surface area (Å²) >= 11 is 0. The van der Waals surface area contributed by atoms with E-state index in [1.165, 1.54) is 50.9 Å². The van der Waals surface area contributed by atoms with Crippen LogP contribution in [-0.4, -0.2) is 31.6 Å². The number of nitrogens with one attached hydrogen (secondary N) is 1. The van der Waals surface area contributed by atoms with Gasteiger partial charge in [0.2, 0.25) is 0 Å². The second kappa shape index (κ2) is 5.64. The van der Waals surface area contributed by atoms with Crippen molar-refractivity contribution in [3.8, 4) is 0 Å². The van der Waals surface area contributed by atoms with Crippen LogP contribution in [0.4, 0.5) is 0 Å². The molecule has 1 aromatic carbocycles. The van der Waals surface area contributed by atoms with Gasteiger partial charge in [-0.15, -0.1) is 0 Å². The largest absolute Gasteiger partial charge is 0.319 e. The summed E-state index contributed by atoms with van der Waals surface area (Å²) in [5, 5.41) is 3.33. The average molecular weight is 258 g/mol. The smallest absolute Gasteiger partial charge is 0.0354 e. The van der Waals surface area contributed by atoms with E-state index >= 15 is 0 Å². The first-order valence-electron chi connectivity index (χ1n) is 7.76. The van der Waals surface area contributed by atoms with Crippen molar-refractivity contribution in [1.29, 1.82) is 0 Å². The van der Waals surface area contributed by atoms with E-state index in [-0.39, 0.29) is 0 Å². The Labute approximate surface area is 117 Å². The summed E-state index contributed by atoms with van der Waals surface area (Å²) in [6.07, 6.45) is 5.32. The molecule has 3 rings (SSSR count). The lowest BCUT2D eigenvalue weighted by atomic mass is 9.94. The molecule has 19 heavy (non-hydrogen) atoms. The van der Waals surface area contributed by atoms with Gasteiger partial charge in [-0.25, -0.2) is 0 Å². The number of hydrogen-bond acceptors (Lipinski definition) is 2. The van der Waals surface area contributed by atoms with Gasteiger partial charge in [-0.05, 0) is 76.3 Å². The minimum absolute atomic E-state index is 0.699. The zero-order valence-electron chi connectivity index (χ0n) is 12.3. The Morgan fingerprint density at radius 2 is 2.00 bits per heavy atom. The molecule has 104 valence electrons. The van der Waals surface area contributed by atoms with Crippen LogP contribution in [0.25, 0.3) is 0 Å². The van der Waals surface area contributed by atoms with E-state index in [9.17, 15) is 0 Å². The summed E-state index contributed by atoms with van der Waals surface area (Å²) in [4.78, 5) is 2.73. The Balaban J connectivity index is 1.68. The second-order valence-corrected chi connectivity index (χ2v) is 6.29. The summed E-state index contributed by atoms with van der Waals surface area (Å²) in [6.45, 7) is 5.97. The molecule has 1 fully saturated rings. The standard InChI is InChI=1S/C17H26N2/c1-13-3-4-15-5-6-17(16(15)11-13)19-9-7-14(8-10-19)12-18-2/h3-4,11,14,17-18H,5-10,12H2,1-2H3. The van der Waals surface area contributed by atoms with E-state index < -0.39 is 0 Å². The van der Waals surface area contributed by atoms with E-state index in [4.69, 9.17) is 0 Å². The van der Waals surface area contributed by atoms with Crippen LogP contribution in [0.3, 0.4) is 0 Å². The molecular formula is C17H26N2. The molecule has 0 saturated carbocycles. The monoisotopic (exact) mass is 258 g/mol. The van der Waals surface area contributed by atoms with Crippen molar-refractivity contribution in [2.24, 2.45) is 5.92 Å². The van der Waals surface area contributed by atoms with Gasteiger partial charge in [0.15, 0.2) is 0 Å². The van der Waals surface area contributed by atoms with Crippen LogP contribution in [0.5, 0.6) is 0 Å². The quantitative estimate of drug-likeness (QED) is 0.897. The third-order valence-corrected chi connectivity index (χ3v) is 4.93. The van der Waals surface area contributed by atoms with Gasteiger partial charge in [0.1, 0.15) is 0 Å². The first-order valence-corrected chi connectivity index (χ1v) is 7.76. The van der Waals surface area contributed by atoms with Gasteiger partial charge < -0.3 is 5.32 Å². The molecule has 2 aliphatic rings. The van der Waals surface area contributed by atoms with Crippen LogP contribution in [-0.2, 0) is 6.42 Å². The van der Waals surface area contributed by atoms with Crippen molar-refractivity contribution in [2.75, 3.05) is 26.7 Å². The lowest BCUT2D eigenvalue weighted by Gasteiger charge is -2.36. The molecule has 2 nitrogen and oxygen atoms in total. The van der Waals surface area contributed by atoms with Crippen molar-refractivity contribution in [1.82, 2.24) is 10.2 Å². The minimum atomic E-state index is 0.699. The molecule has 2 heteroatoms. The van der Waals surface area contributed by atoms with Gasteiger partial charge in [-0.1, -0.05) is 23.8 Å². The number of likely N-dealkylation sites (tertiary alicyclic amines) is 1. The lowest BCUT2D eigenvalue weighted by Crippen LogP contribution is -2.38. The highest BCUT2D eigenvalue weighted by atomic mass is 15.2. The first kappa shape index (κ1) is 13.1. The third kappa shape index (κ3) is 2.70. The molecule has 0 aromatic heterocycles. The van der Waals surface area contributed by atoms with Crippen molar-refractivity contribution >= 4 is 0 Å². The van der Waals surface area contributed by atoms with Crippen molar-refractivity contribution < 1.29 is 0 Å². The maximum absolute atomic E-state index is 3.33. The van der Waals surface area contributed by atoms with Crippen LogP contribution >= 0.6 is 0 Å². The molecule has 1 N–H and O–H groups in total. The molecule has 1 aliphatic carbocycles. The Morgan fingerprint density at radius 3 is 2.74 bits per heavy atom. The maximum Gasteiger partial charge on any atom is 0.0354 e. The van der Waals surface area contributed by atoms with E-state index in [0.29, 0.717) is 6.04 Å². The maximum atomic E-state index is 3.33. The van der Waals surface area contributed by atoms with Crippen LogP contribution in [0.15, 0.2) is 18.2 Å². The molecule has 1 aromatic rings. The minimum Gasteiger partial charge on any atom is -0.319 e. The van der Waals surface area contributed by atoms with Crippen molar-refractivity contribution in [3.05, 3.63) is 34.9 Å². The highest BCUT2D eigenvalue weighted by molar-refractivity contribution is 5.37. The molecule has 0 radical (unpaired) electrons. The Hall–Kier alpha value is -0.860. The predicted octanol–water partition coefficient (Wildman–Crippen LogP) is 2.91.